The first kappa shape index (κ1) is 17.6. The summed E-state index contributed by atoms with van der Waals surface area (Å²) >= 11 is 0. The Morgan fingerprint density at radius 1 is 1.33 bits per heavy atom. The molecule has 10 nitrogen and oxygen atoms in total. The molecule has 1 aliphatic rings. The summed E-state index contributed by atoms with van der Waals surface area (Å²) < 4.78 is 9.25. The lowest BCUT2D eigenvalue weighted by Crippen LogP contribution is -2.32. The van der Waals surface area contributed by atoms with Gasteiger partial charge < -0.3 is 25.6 Å². The Morgan fingerprint density at radius 2 is 2.07 bits per heavy atom. The van der Waals surface area contributed by atoms with Crippen LogP contribution in [-0.4, -0.2) is 62.6 Å². The molecule has 1 saturated heterocycles. The minimum atomic E-state index is -0.746. The molecule has 1 aliphatic heterocycles. The number of nitrogens with zero attached hydrogens (tertiary/aromatic N) is 6. The van der Waals surface area contributed by atoms with Crippen LogP contribution in [0, 0.1) is 0 Å². The number of fused-ring (bicyclic) bond motifs is 1. The number of ether oxygens (including phenoxy) is 1. The Hall–Kier alpha value is -2.82. The zero-order valence-corrected chi connectivity index (χ0v) is 15.1. The van der Waals surface area contributed by atoms with Gasteiger partial charge in [-0.1, -0.05) is 0 Å². The third-order valence-electron chi connectivity index (χ3n) is 4.69. The largest absolute Gasteiger partial charge is 0.394 e. The van der Waals surface area contributed by atoms with E-state index in [0.717, 1.165) is 5.69 Å². The van der Waals surface area contributed by atoms with Crippen LogP contribution in [0.4, 0.5) is 11.6 Å². The molecule has 0 unspecified atom stereocenters. The summed E-state index contributed by atoms with van der Waals surface area (Å²) in [4.78, 5) is 15.1. The fourth-order valence-electron chi connectivity index (χ4n) is 3.22. The van der Waals surface area contributed by atoms with Gasteiger partial charge in [-0.05, 0) is 0 Å². The van der Waals surface area contributed by atoms with Crippen LogP contribution in [-0.2, 0) is 4.74 Å². The van der Waals surface area contributed by atoms with E-state index in [1.807, 2.05) is 48.1 Å². The van der Waals surface area contributed by atoms with Crippen LogP contribution in [0.5, 0.6) is 0 Å². The lowest BCUT2D eigenvalue weighted by Gasteiger charge is -2.13. The van der Waals surface area contributed by atoms with Crippen molar-refractivity contribution < 1.29 is 19.5 Å². The number of aliphatic hydroxyl groups excluding tert-OH is 2. The molecule has 0 saturated carbocycles. The summed E-state index contributed by atoms with van der Waals surface area (Å²) in [5, 5.41) is 19.3. The second-order valence-corrected chi connectivity index (χ2v) is 6.70. The molecule has 0 aromatic carbocycles. The van der Waals surface area contributed by atoms with E-state index in [2.05, 4.69) is 15.0 Å². The Bertz CT molecular complexity index is 957. The topological polar surface area (TPSA) is 126 Å². The summed E-state index contributed by atoms with van der Waals surface area (Å²) in [6.45, 7) is -0.249. The molecule has 4 N–H and O–H groups in total. The molecule has 3 atom stereocenters. The number of nitrogens with two attached hydrogens (primary N) is 1. The van der Waals surface area contributed by atoms with Gasteiger partial charge in [-0.15, -0.1) is 0 Å². The predicted molar refractivity (Wildman–Crippen MR) is 97.2 cm³/mol. The molecule has 3 aromatic heterocycles. The lowest BCUT2D eigenvalue weighted by atomic mass is 10.2. The van der Waals surface area contributed by atoms with Crippen molar-refractivity contribution in [2.75, 3.05) is 31.3 Å². The molecule has 0 aliphatic carbocycles. The van der Waals surface area contributed by atoms with Gasteiger partial charge in [-0.25, -0.2) is 9.55 Å². The molecular formula is C17H22N7O3+. The first-order valence-corrected chi connectivity index (χ1v) is 8.61. The van der Waals surface area contributed by atoms with Gasteiger partial charge >= 0.3 is 11.8 Å². The maximum Gasteiger partial charge on any atom is 0.361 e. The van der Waals surface area contributed by atoms with Gasteiger partial charge in [0.05, 0.1) is 31.4 Å². The molecule has 0 amide bonds. The van der Waals surface area contributed by atoms with Crippen LogP contribution in [0.25, 0.3) is 17.0 Å². The van der Waals surface area contributed by atoms with Crippen molar-refractivity contribution in [2.45, 2.75) is 24.9 Å². The van der Waals surface area contributed by atoms with Crippen LogP contribution in [0.3, 0.4) is 0 Å². The van der Waals surface area contributed by atoms with Gasteiger partial charge in [0.15, 0.2) is 5.65 Å². The first-order chi connectivity index (χ1) is 13.0. The average molecular weight is 372 g/mol. The second-order valence-electron chi connectivity index (χ2n) is 6.70. The smallest absolute Gasteiger partial charge is 0.361 e. The van der Waals surface area contributed by atoms with Crippen molar-refractivity contribution in [1.29, 1.82) is 0 Å². The highest BCUT2D eigenvalue weighted by molar-refractivity contribution is 5.77. The normalized spacial score (nSPS) is 22.4. The third kappa shape index (κ3) is 3.07. The number of pyridine rings is 1. The van der Waals surface area contributed by atoms with E-state index in [9.17, 15) is 10.2 Å². The van der Waals surface area contributed by atoms with Gasteiger partial charge in [-0.3, -0.25) is 4.57 Å². The van der Waals surface area contributed by atoms with E-state index in [4.69, 9.17) is 10.5 Å². The minimum Gasteiger partial charge on any atom is -0.394 e. The van der Waals surface area contributed by atoms with Gasteiger partial charge in [-0.2, -0.15) is 4.98 Å². The highest BCUT2D eigenvalue weighted by Gasteiger charge is 2.36. The molecule has 3 aromatic rings. The number of aromatic nitrogens is 5. The Balaban J connectivity index is 1.77. The highest BCUT2D eigenvalue weighted by atomic mass is 16.5. The van der Waals surface area contributed by atoms with Crippen molar-refractivity contribution in [3.8, 4) is 5.82 Å². The van der Waals surface area contributed by atoms with Gasteiger partial charge in [0.1, 0.15) is 12.3 Å². The van der Waals surface area contributed by atoms with E-state index < -0.39 is 18.4 Å². The Kier molecular flexibility index (Phi) is 4.38. The fraction of sp³-hybridized carbons (Fsp3) is 0.412. The summed E-state index contributed by atoms with van der Waals surface area (Å²) in [6, 6.07) is 3.92. The molecule has 0 spiro atoms. The number of anilines is 2. The van der Waals surface area contributed by atoms with E-state index in [1.54, 1.807) is 10.9 Å². The zero-order valence-electron chi connectivity index (χ0n) is 15.1. The minimum absolute atomic E-state index is 0.112. The maximum atomic E-state index is 10.0. The molecule has 0 radical (unpaired) electrons. The molecule has 1 fully saturated rings. The number of nitrogen functional groups attached to an aromatic ring is 1. The highest BCUT2D eigenvalue weighted by Crippen LogP contribution is 2.31. The fourth-order valence-corrected chi connectivity index (χ4v) is 3.22. The van der Waals surface area contributed by atoms with Crippen molar-refractivity contribution in [1.82, 2.24) is 19.5 Å². The summed E-state index contributed by atoms with van der Waals surface area (Å²) in [7, 11) is 3.94. The molecular weight excluding hydrogens is 350 g/mol. The van der Waals surface area contributed by atoms with Crippen molar-refractivity contribution >= 4 is 22.8 Å². The van der Waals surface area contributed by atoms with E-state index >= 15 is 0 Å². The summed E-state index contributed by atoms with van der Waals surface area (Å²) in [5.41, 5.74) is 8.07. The quantitative estimate of drug-likeness (QED) is 0.518. The van der Waals surface area contributed by atoms with Crippen molar-refractivity contribution in [3.63, 3.8) is 0 Å². The average Bonchev–Trinajstić information content (AvgIpc) is 3.24. The van der Waals surface area contributed by atoms with Crippen molar-refractivity contribution in [3.05, 3.63) is 30.9 Å². The van der Waals surface area contributed by atoms with Crippen molar-refractivity contribution in [2.24, 2.45) is 0 Å². The van der Waals surface area contributed by atoms with Gasteiger partial charge in [0, 0.05) is 43.3 Å². The maximum absolute atomic E-state index is 10.0. The standard InChI is InChI=1S/C17H22N7O3/c1-22(2)10-3-5-23(6-4-10)15-14-16(21-17(18)20-15)24(9-19-14)13-7-11(26)12(8-25)27-13/h3-6,9,11-13,25-26H,7-8H2,1-2H3,(H2,18,20,21)/q+1/t11-,12+,13+/m0/s1. The SMILES string of the molecule is CN(C)c1cc[n+](-c2nc(N)nc3c2ncn3[C@H]2C[C@H](O)[C@@H](CO)O2)cc1. The number of imidazole rings is 1. The lowest BCUT2D eigenvalue weighted by molar-refractivity contribution is -0.597. The zero-order chi connectivity index (χ0) is 19.1. The number of hydrogen-bond acceptors (Lipinski definition) is 8. The van der Waals surface area contributed by atoms with Crippen LogP contribution >= 0.6 is 0 Å². The first-order valence-electron chi connectivity index (χ1n) is 8.61. The Labute approximate surface area is 155 Å². The number of hydrogen-bond donors (Lipinski definition) is 3. The van der Waals surface area contributed by atoms with E-state index in [0.29, 0.717) is 23.4 Å². The van der Waals surface area contributed by atoms with E-state index in [-0.39, 0.29) is 12.6 Å². The van der Waals surface area contributed by atoms with Crippen LogP contribution in [0.2, 0.25) is 0 Å². The van der Waals surface area contributed by atoms with Crippen LogP contribution < -0.4 is 15.2 Å². The summed E-state index contributed by atoms with van der Waals surface area (Å²) in [5.74, 6) is 0.666. The second kappa shape index (κ2) is 6.72. The van der Waals surface area contributed by atoms with Crippen LogP contribution in [0.15, 0.2) is 30.9 Å². The Morgan fingerprint density at radius 3 is 2.70 bits per heavy atom. The molecule has 27 heavy (non-hydrogen) atoms. The van der Waals surface area contributed by atoms with Gasteiger partial charge in [0.25, 0.3) is 0 Å². The summed E-state index contributed by atoms with van der Waals surface area (Å²) in [6.07, 6.45) is 3.84. The number of rotatable bonds is 4. The van der Waals surface area contributed by atoms with Gasteiger partial charge in [0.2, 0.25) is 5.52 Å². The molecule has 142 valence electrons. The molecule has 10 heteroatoms. The molecule has 4 heterocycles. The predicted octanol–water partition coefficient (Wildman–Crippen LogP) is -0.608. The molecule has 0 bridgehead atoms. The van der Waals surface area contributed by atoms with E-state index in [1.165, 1.54) is 0 Å². The third-order valence-corrected chi connectivity index (χ3v) is 4.69. The van der Waals surface area contributed by atoms with Crippen LogP contribution in [0.1, 0.15) is 12.6 Å². The molecule has 4 rings (SSSR count). The monoisotopic (exact) mass is 372 g/mol. The number of aliphatic hydroxyl groups is 2.